The fraction of sp³-hybridized carbons (Fsp3) is 0.385. The number of hydrogen-bond acceptors (Lipinski definition) is 3. The zero-order valence-corrected chi connectivity index (χ0v) is 10.2. The van der Waals surface area contributed by atoms with Crippen LogP contribution in [0, 0.1) is 0 Å². The van der Waals surface area contributed by atoms with Gasteiger partial charge in [0.1, 0.15) is 0 Å². The largest absolute Gasteiger partial charge is 0.375 e. The molecule has 0 spiro atoms. The fourth-order valence-corrected chi connectivity index (χ4v) is 2.26. The molecule has 1 aliphatic heterocycles. The summed E-state index contributed by atoms with van der Waals surface area (Å²) in [5.41, 5.74) is 1.59. The van der Waals surface area contributed by atoms with Crippen LogP contribution >= 0.6 is 0 Å². The second-order valence-corrected chi connectivity index (χ2v) is 4.60. The summed E-state index contributed by atoms with van der Waals surface area (Å²) < 4.78 is 5.44. The van der Waals surface area contributed by atoms with Crippen molar-refractivity contribution in [2.75, 3.05) is 19.7 Å². The topological polar surface area (TPSA) is 58.2 Å². The van der Waals surface area contributed by atoms with Gasteiger partial charge in [-0.25, -0.2) is 0 Å². The van der Waals surface area contributed by atoms with E-state index < -0.39 is 0 Å². The molecule has 5 heteroatoms. The standard InChI is InChI=1S/C13H15N3O2/c1-9-8-16(4-5-18-9)13(17)10-2-3-11-7-14-15-12(11)6-10/h2-3,6-7,9H,4-5,8H2,1H3,(H,14,15). The molecule has 18 heavy (non-hydrogen) atoms. The normalized spacial score (nSPS) is 20.3. The van der Waals surface area contributed by atoms with Crippen molar-refractivity contribution in [1.82, 2.24) is 15.1 Å². The van der Waals surface area contributed by atoms with Gasteiger partial charge in [0.2, 0.25) is 0 Å². The number of carbonyl (C=O) groups is 1. The van der Waals surface area contributed by atoms with Gasteiger partial charge in [-0.1, -0.05) is 6.07 Å². The van der Waals surface area contributed by atoms with Crippen molar-refractivity contribution in [3.05, 3.63) is 30.0 Å². The molecule has 94 valence electrons. The van der Waals surface area contributed by atoms with E-state index in [1.54, 1.807) is 6.20 Å². The van der Waals surface area contributed by atoms with E-state index in [1.807, 2.05) is 30.0 Å². The van der Waals surface area contributed by atoms with Gasteiger partial charge in [-0.15, -0.1) is 0 Å². The molecule has 1 aliphatic rings. The zero-order valence-electron chi connectivity index (χ0n) is 10.2. The summed E-state index contributed by atoms with van der Waals surface area (Å²) in [6, 6.07) is 5.61. The van der Waals surface area contributed by atoms with E-state index in [2.05, 4.69) is 10.2 Å². The van der Waals surface area contributed by atoms with Crippen molar-refractivity contribution in [3.8, 4) is 0 Å². The van der Waals surface area contributed by atoms with E-state index in [0.29, 0.717) is 25.3 Å². The number of nitrogens with one attached hydrogen (secondary N) is 1. The Hall–Kier alpha value is -1.88. The van der Waals surface area contributed by atoms with Gasteiger partial charge in [0, 0.05) is 24.0 Å². The number of carbonyl (C=O) groups excluding carboxylic acids is 1. The van der Waals surface area contributed by atoms with Gasteiger partial charge >= 0.3 is 0 Å². The Labute approximate surface area is 105 Å². The first-order valence-corrected chi connectivity index (χ1v) is 6.08. The molecule has 1 fully saturated rings. The molecule has 1 unspecified atom stereocenters. The molecule has 0 radical (unpaired) electrons. The van der Waals surface area contributed by atoms with E-state index in [1.165, 1.54) is 0 Å². The molecule has 1 amide bonds. The minimum atomic E-state index is 0.0571. The number of nitrogens with zero attached hydrogens (tertiary/aromatic N) is 2. The molecule has 2 aromatic rings. The Morgan fingerprint density at radius 2 is 2.44 bits per heavy atom. The highest BCUT2D eigenvalue weighted by Gasteiger charge is 2.22. The first-order valence-electron chi connectivity index (χ1n) is 6.08. The van der Waals surface area contributed by atoms with E-state index >= 15 is 0 Å². The van der Waals surface area contributed by atoms with E-state index in [0.717, 1.165) is 10.9 Å². The number of rotatable bonds is 1. The van der Waals surface area contributed by atoms with Crippen molar-refractivity contribution in [1.29, 1.82) is 0 Å². The van der Waals surface area contributed by atoms with Crippen LogP contribution in [0.15, 0.2) is 24.4 Å². The monoisotopic (exact) mass is 245 g/mol. The van der Waals surface area contributed by atoms with Crippen LogP contribution in [0.5, 0.6) is 0 Å². The van der Waals surface area contributed by atoms with Gasteiger partial charge in [0.05, 0.1) is 24.4 Å². The molecular formula is C13H15N3O2. The van der Waals surface area contributed by atoms with Gasteiger partial charge in [-0.2, -0.15) is 5.10 Å². The Kier molecular flexibility index (Phi) is 2.76. The van der Waals surface area contributed by atoms with Gasteiger partial charge in [-0.05, 0) is 19.1 Å². The molecule has 0 aliphatic carbocycles. The SMILES string of the molecule is CC1CN(C(=O)c2ccc3cn[nH]c3c2)CCO1. The number of aromatic amines is 1. The molecule has 1 atom stereocenters. The lowest BCUT2D eigenvalue weighted by Gasteiger charge is -2.31. The molecule has 0 saturated carbocycles. The lowest BCUT2D eigenvalue weighted by Crippen LogP contribution is -2.44. The highest BCUT2D eigenvalue weighted by molar-refractivity contribution is 5.97. The summed E-state index contributed by atoms with van der Waals surface area (Å²) in [5, 5.41) is 7.85. The minimum Gasteiger partial charge on any atom is -0.375 e. The number of amides is 1. The van der Waals surface area contributed by atoms with E-state index in [9.17, 15) is 4.79 Å². The van der Waals surface area contributed by atoms with Crippen LogP contribution in [-0.2, 0) is 4.74 Å². The van der Waals surface area contributed by atoms with Crippen molar-refractivity contribution in [2.24, 2.45) is 0 Å². The molecule has 1 N–H and O–H groups in total. The highest BCUT2D eigenvalue weighted by Crippen LogP contribution is 2.16. The second-order valence-electron chi connectivity index (χ2n) is 4.60. The van der Waals surface area contributed by atoms with Crippen LogP contribution in [0.25, 0.3) is 10.9 Å². The van der Waals surface area contributed by atoms with Gasteiger partial charge in [0.25, 0.3) is 5.91 Å². The number of morpholine rings is 1. The van der Waals surface area contributed by atoms with Gasteiger partial charge in [-0.3, -0.25) is 9.89 Å². The molecular weight excluding hydrogens is 230 g/mol. The van der Waals surface area contributed by atoms with Crippen LogP contribution < -0.4 is 0 Å². The summed E-state index contributed by atoms with van der Waals surface area (Å²) in [4.78, 5) is 14.2. The maximum absolute atomic E-state index is 12.3. The van der Waals surface area contributed by atoms with Crippen molar-refractivity contribution in [2.45, 2.75) is 13.0 Å². The van der Waals surface area contributed by atoms with Crippen LogP contribution in [0.3, 0.4) is 0 Å². The van der Waals surface area contributed by atoms with Crippen LogP contribution in [-0.4, -0.2) is 46.8 Å². The average molecular weight is 245 g/mol. The van der Waals surface area contributed by atoms with E-state index in [-0.39, 0.29) is 12.0 Å². The predicted molar refractivity (Wildman–Crippen MR) is 67.4 cm³/mol. The van der Waals surface area contributed by atoms with Crippen LogP contribution in [0.4, 0.5) is 0 Å². The first-order chi connectivity index (χ1) is 8.74. The van der Waals surface area contributed by atoms with E-state index in [4.69, 9.17) is 4.74 Å². The molecule has 2 heterocycles. The fourth-order valence-electron chi connectivity index (χ4n) is 2.26. The third kappa shape index (κ3) is 1.97. The Morgan fingerprint density at radius 3 is 3.28 bits per heavy atom. The number of H-pyrrole nitrogens is 1. The lowest BCUT2D eigenvalue weighted by molar-refractivity contribution is -0.0124. The quantitative estimate of drug-likeness (QED) is 0.826. The number of hydrogen-bond donors (Lipinski definition) is 1. The van der Waals surface area contributed by atoms with Gasteiger partial charge < -0.3 is 9.64 Å². The third-order valence-electron chi connectivity index (χ3n) is 3.22. The molecule has 0 bridgehead atoms. The van der Waals surface area contributed by atoms with Crippen LogP contribution in [0.2, 0.25) is 0 Å². The van der Waals surface area contributed by atoms with Gasteiger partial charge in [0.15, 0.2) is 0 Å². The van der Waals surface area contributed by atoms with Crippen LogP contribution in [0.1, 0.15) is 17.3 Å². The maximum Gasteiger partial charge on any atom is 0.254 e. The van der Waals surface area contributed by atoms with Crippen molar-refractivity contribution in [3.63, 3.8) is 0 Å². The summed E-state index contributed by atoms with van der Waals surface area (Å²) >= 11 is 0. The van der Waals surface area contributed by atoms with Crippen molar-refractivity contribution >= 4 is 16.8 Å². The smallest absolute Gasteiger partial charge is 0.254 e. The lowest BCUT2D eigenvalue weighted by atomic mass is 10.1. The molecule has 1 aromatic carbocycles. The number of aromatic nitrogens is 2. The summed E-state index contributed by atoms with van der Waals surface area (Å²) in [6.45, 7) is 3.90. The minimum absolute atomic E-state index is 0.0571. The Balaban J connectivity index is 1.86. The molecule has 3 rings (SSSR count). The maximum atomic E-state index is 12.3. The molecule has 5 nitrogen and oxygen atoms in total. The second kappa shape index (κ2) is 4.42. The van der Waals surface area contributed by atoms with Crippen molar-refractivity contribution < 1.29 is 9.53 Å². The highest BCUT2D eigenvalue weighted by atomic mass is 16.5. The third-order valence-corrected chi connectivity index (χ3v) is 3.22. The summed E-state index contributed by atoms with van der Waals surface area (Å²) in [6.07, 6.45) is 1.86. The number of ether oxygens (including phenoxy) is 1. The summed E-state index contributed by atoms with van der Waals surface area (Å²) in [7, 11) is 0. The Bertz CT molecular complexity index is 578. The number of benzene rings is 1. The zero-order chi connectivity index (χ0) is 12.5. The predicted octanol–water partition coefficient (Wildman–Crippen LogP) is 1.42. The first kappa shape index (κ1) is 11.2. The average Bonchev–Trinajstić information content (AvgIpc) is 2.85. The molecule has 1 saturated heterocycles. The summed E-state index contributed by atoms with van der Waals surface area (Å²) in [5.74, 6) is 0.0571. The Morgan fingerprint density at radius 1 is 1.56 bits per heavy atom. The number of fused-ring (bicyclic) bond motifs is 1. The molecule has 1 aromatic heterocycles.